The summed E-state index contributed by atoms with van der Waals surface area (Å²) in [5.41, 5.74) is 8.83. The third kappa shape index (κ3) is 3.52. The number of hydrogen-bond donors (Lipinski definition) is 2. The smallest absolute Gasteiger partial charge is 0.163 e. The van der Waals surface area contributed by atoms with Crippen LogP contribution in [0.2, 0.25) is 0 Å². The first-order valence-corrected chi connectivity index (χ1v) is 9.02. The zero-order valence-electron chi connectivity index (χ0n) is 14.2. The van der Waals surface area contributed by atoms with Gasteiger partial charge in [0.1, 0.15) is 30.3 Å². The van der Waals surface area contributed by atoms with E-state index in [0.29, 0.717) is 35.5 Å². The predicted molar refractivity (Wildman–Crippen MR) is 102 cm³/mol. The van der Waals surface area contributed by atoms with Crippen molar-refractivity contribution in [2.24, 2.45) is 0 Å². The van der Waals surface area contributed by atoms with Crippen molar-refractivity contribution in [3.05, 3.63) is 54.4 Å². The second-order valence-corrected chi connectivity index (χ2v) is 6.90. The van der Waals surface area contributed by atoms with Gasteiger partial charge >= 0.3 is 0 Å². The van der Waals surface area contributed by atoms with Crippen LogP contribution in [0.3, 0.4) is 0 Å². The molecule has 0 saturated heterocycles. The van der Waals surface area contributed by atoms with Gasteiger partial charge in [0.05, 0.1) is 0 Å². The summed E-state index contributed by atoms with van der Waals surface area (Å²) in [6.45, 7) is 3.17. The molecular weight excluding hydrogens is 348 g/mol. The zero-order chi connectivity index (χ0) is 17.9. The minimum Gasteiger partial charge on any atom is -0.486 e. The molecule has 1 aliphatic heterocycles. The van der Waals surface area contributed by atoms with Gasteiger partial charge in [-0.1, -0.05) is 29.5 Å². The maximum atomic E-state index is 6.28. The molecule has 0 radical (unpaired) electrons. The number of fused-ring (bicyclic) bond motifs is 1. The Morgan fingerprint density at radius 2 is 1.77 bits per heavy atom. The molecule has 0 unspecified atom stereocenters. The van der Waals surface area contributed by atoms with Crippen LogP contribution in [-0.4, -0.2) is 23.2 Å². The molecule has 0 fully saturated rings. The number of aryl methyl sites for hydroxylation is 1. The van der Waals surface area contributed by atoms with Crippen LogP contribution in [0.1, 0.15) is 5.56 Å². The summed E-state index contributed by atoms with van der Waals surface area (Å²) in [4.78, 5) is 9.66. The number of aromatic nitrogens is 2. The topological polar surface area (TPSA) is 82.3 Å². The Kier molecular flexibility index (Phi) is 4.53. The van der Waals surface area contributed by atoms with Gasteiger partial charge in [-0.05, 0) is 31.2 Å². The lowest BCUT2D eigenvalue weighted by Gasteiger charge is -2.19. The second-order valence-electron chi connectivity index (χ2n) is 5.84. The Balaban J connectivity index is 1.56. The quantitative estimate of drug-likeness (QED) is 0.675. The largest absolute Gasteiger partial charge is 0.486 e. The molecule has 2 aromatic carbocycles. The number of anilines is 3. The van der Waals surface area contributed by atoms with Crippen molar-refractivity contribution in [2.75, 3.05) is 24.3 Å². The molecule has 3 N–H and O–H groups in total. The van der Waals surface area contributed by atoms with Gasteiger partial charge in [-0.2, -0.15) is 0 Å². The fraction of sp³-hybridized carbons (Fsp3) is 0.158. The normalized spacial score (nSPS) is 12.7. The molecule has 0 atom stereocenters. The van der Waals surface area contributed by atoms with Crippen LogP contribution in [0.25, 0.3) is 0 Å². The monoisotopic (exact) mass is 366 g/mol. The molecular formula is C19H18N4O2S. The van der Waals surface area contributed by atoms with Crippen LogP contribution < -0.4 is 20.5 Å². The summed E-state index contributed by atoms with van der Waals surface area (Å²) in [5, 5.41) is 3.94. The van der Waals surface area contributed by atoms with Crippen LogP contribution in [0, 0.1) is 6.92 Å². The van der Waals surface area contributed by atoms with Crippen molar-refractivity contribution in [3.8, 4) is 11.5 Å². The van der Waals surface area contributed by atoms with Gasteiger partial charge in [0.25, 0.3) is 0 Å². The number of nitrogens with one attached hydrogen (secondary N) is 1. The summed E-state index contributed by atoms with van der Waals surface area (Å²) >= 11 is 1.51. The van der Waals surface area contributed by atoms with Gasteiger partial charge in [-0.25, -0.2) is 9.97 Å². The third-order valence-corrected chi connectivity index (χ3v) is 4.91. The van der Waals surface area contributed by atoms with Crippen molar-refractivity contribution >= 4 is 29.0 Å². The summed E-state index contributed by atoms with van der Waals surface area (Å²) in [6, 6.07) is 13.9. The molecule has 0 saturated carbocycles. The Bertz CT molecular complexity index is 931. The van der Waals surface area contributed by atoms with E-state index in [9.17, 15) is 0 Å². The maximum absolute atomic E-state index is 6.28. The molecule has 4 rings (SSSR count). The van der Waals surface area contributed by atoms with Crippen molar-refractivity contribution in [3.63, 3.8) is 0 Å². The van der Waals surface area contributed by atoms with Crippen LogP contribution >= 0.6 is 11.8 Å². The maximum Gasteiger partial charge on any atom is 0.163 e. The third-order valence-electron chi connectivity index (χ3n) is 3.89. The molecule has 1 aromatic heterocycles. The molecule has 1 aliphatic rings. The minimum absolute atomic E-state index is 0.507. The number of nitrogens with two attached hydrogens (primary N) is 1. The predicted octanol–water partition coefficient (Wildman–Crippen LogP) is 4.03. The van der Waals surface area contributed by atoms with E-state index in [1.54, 1.807) is 0 Å². The first-order valence-electron chi connectivity index (χ1n) is 8.21. The van der Waals surface area contributed by atoms with Gasteiger partial charge in [0, 0.05) is 16.6 Å². The molecule has 2 heterocycles. The zero-order valence-corrected chi connectivity index (χ0v) is 15.0. The molecule has 0 spiro atoms. The van der Waals surface area contributed by atoms with Crippen LogP contribution in [-0.2, 0) is 0 Å². The number of rotatable bonds is 4. The highest BCUT2D eigenvalue weighted by Gasteiger charge is 2.14. The van der Waals surface area contributed by atoms with Gasteiger partial charge in [-0.15, -0.1) is 0 Å². The summed E-state index contributed by atoms with van der Waals surface area (Å²) in [7, 11) is 0. The molecule has 132 valence electrons. The Labute approximate surface area is 155 Å². The summed E-state index contributed by atoms with van der Waals surface area (Å²) in [5.74, 6) is 2.02. The first-order chi connectivity index (χ1) is 12.7. The van der Waals surface area contributed by atoms with Gasteiger partial charge < -0.3 is 20.5 Å². The summed E-state index contributed by atoms with van der Waals surface area (Å²) < 4.78 is 11.2. The second kappa shape index (κ2) is 7.13. The van der Waals surface area contributed by atoms with Crippen LogP contribution in [0.4, 0.5) is 17.2 Å². The van der Waals surface area contributed by atoms with E-state index < -0.39 is 0 Å². The average Bonchev–Trinajstić information content (AvgIpc) is 2.67. The molecule has 0 bridgehead atoms. The molecule has 7 heteroatoms. The highest BCUT2D eigenvalue weighted by molar-refractivity contribution is 7.99. The lowest BCUT2D eigenvalue weighted by atomic mass is 10.2. The molecule has 0 aliphatic carbocycles. The number of nitrogens with zero attached hydrogens (tertiary/aromatic N) is 2. The average molecular weight is 366 g/mol. The fourth-order valence-electron chi connectivity index (χ4n) is 2.54. The Morgan fingerprint density at radius 1 is 1.00 bits per heavy atom. The van der Waals surface area contributed by atoms with Gasteiger partial charge in [0.2, 0.25) is 0 Å². The number of nitrogen functional groups attached to an aromatic ring is 1. The van der Waals surface area contributed by atoms with Gasteiger partial charge in [0.15, 0.2) is 17.3 Å². The van der Waals surface area contributed by atoms with E-state index in [2.05, 4.69) is 46.5 Å². The molecule has 0 amide bonds. The van der Waals surface area contributed by atoms with E-state index in [0.717, 1.165) is 16.3 Å². The van der Waals surface area contributed by atoms with E-state index in [-0.39, 0.29) is 0 Å². The fourth-order valence-corrected chi connectivity index (χ4v) is 3.34. The van der Waals surface area contributed by atoms with Crippen molar-refractivity contribution in [1.29, 1.82) is 0 Å². The van der Waals surface area contributed by atoms with Gasteiger partial charge in [-0.3, -0.25) is 0 Å². The lowest BCUT2D eigenvalue weighted by Crippen LogP contribution is -2.15. The standard InChI is InChI=1S/C19H18N4O2S/c1-12-2-5-14(6-3-12)26-19-17(20)18(21-11-22-19)23-13-4-7-15-16(10-13)25-9-8-24-15/h2-7,10-11H,8-9,20H2,1H3,(H,21,22,23). The van der Waals surface area contributed by atoms with E-state index in [4.69, 9.17) is 15.2 Å². The first kappa shape index (κ1) is 16.5. The number of hydrogen-bond acceptors (Lipinski definition) is 7. The summed E-state index contributed by atoms with van der Waals surface area (Å²) in [6.07, 6.45) is 1.51. The molecule has 3 aromatic rings. The molecule has 26 heavy (non-hydrogen) atoms. The SMILES string of the molecule is Cc1ccc(Sc2ncnc(Nc3ccc4c(c3)OCCO4)c2N)cc1. The number of ether oxygens (including phenoxy) is 2. The van der Waals surface area contributed by atoms with E-state index >= 15 is 0 Å². The van der Waals surface area contributed by atoms with E-state index in [1.165, 1.54) is 23.7 Å². The minimum atomic E-state index is 0.507. The van der Waals surface area contributed by atoms with Crippen molar-refractivity contribution in [2.45, 2.75) is 16.8 Å². The van der Waals surface area contributed by atoms with Crippen LogP contribution in [0.15, 0.2) is 58.7 Å². The van der Waals surface area contributed by atoms with E-state index in [1.807, 2.05) is 18.2 Å². The highest BCUT2D eigenvalue weighted by atomic mass is 32.2. The molecule has 6 nitrogen and oxygen atoms in total. The lowest BCUT2D eigenvalue weighted by molar-refractivity contribution is 0.171. The van der Waals surface area contributed by atoms with Crippen molar-refractivity contribution < 1.29 is 9.47 Å². The number of benzene rings is 2. The Hall–Kier alpha value is -2.93. The van der Waals surface area contributed by atoms with Crippen molar-refractivity contribution in [1.82, 2.24) is 9.97 Å². The Morgan fingerprint density at radius 3 is 2.58 bits per heavy atom. The highest BCUT2D eigenvalue weighted by Crippen LogP contribution is 2.36. The van der Waals surface area contributed by atoms with Crippen LogP contribution in [0.5, 0.6) is 11.5 Å².